The van der Waals surface area contributed by atoms with Gasteiger partial charge in [-0.15, -0.1) is 0 Å². The van der Waals surface area contributed by atoms with Crippen LogP contribution in [0.1, 0.15) is 17.5 Å². The number of aliphatic hydroxyl groups is 1. The summed E-state index contributed by atoms with van der Waals surface area (Å²) in [6, 6.07) is 11.2. The van der Waals surface area contributed by atoms with Crippen molar-refractivity contribution in [3.63, 3.8) is 0 Å². The van der Waals surface area contributed by atoms with Gasteiger partial charge in [0.25, 0.3) is 0 Å². The molecular weight excluding hydrogens is 361 g/mol. The van der Waals surface area contributed by atoms with Crippen molar-refractivity contribution in [2.45, 2.75) is 25.1 Å². The zero-order chi connectivity index (χ0) is 19.7. The van der Waals surface area contributed by atoms with Gasteiger partial charge in [-0.25, -0.2) is 4.98 Å². The van der Waals surface area contributed by atoms with E-state index in [9.17, 15) is 28.2 Å². The maximum absolute atomic E-state index is 12.7. The number of aliphatic carboxylic acids is 1. The minimum atomic E-state index is -4.47. The van der Waals surface area contributed by atoms with Gasteiger partial charge in [0, 0.05) is 19.3 Å². The summed E-state index contributed by atoms with van der Waals surface area (Å²) >= 11 is 0. The summed E-state index contributed by atoms with van der Waals surface area (Å²) in [6.07, 6.45) is -4.58. The Balaban J connectivity index is 1.78. The van der Waals surface area contributed by atoms with Crippen molar-refractivity contribution < 1.29 is 28.2 Å². The number of aliphatic hydroxyl groups excluding tert-OH is 1. The maximum atomic E-state index is 12.7. The number of carbonyl (C=O) groups is 1. The molecule has 144 valence electrons. The number of pyridine rings is 1. The van der Waals surface area contributed by atoms with Gasteiger partial charge in [-0.05, 0) is 30.5 Å². The second-order valence-corrected chi connectivity index (χ2v) is 6.74. The van der Waals surface area contributed by atoms with E-state index in [0.717, 1.165) is 17.8 Å². The minimum absolute atomic E-state index is 0.0164. The first-order valence-electron chi connectivity index (χ1n) is 8.46. The van der Waals surface area contributed by atoms with E-state index in [0.29, 0.717) is 0 Å². The highest BCUT2D eigenvalue weighted by Crippen LogP contribution is 2.37. The minimum Gasteiger partial charge on any atom is -0.481 e. The summed E-state index contributed by atoms with van der Waals surface area (Å²) in [6.45, 7) is 0.256. The van der Waals surface area contributed by atoms with Gasteiger partial charge >= 0.3 is 12.1 Å². The fourth-order valence-electron chi connectivity index (χ4n) is 3.42. The summed E-state index contributed by atoms with van der Waals surface area (Å²) in [5, 5.41) is 20.4. The van der Waals surface area contributed by atoms with Crippen molar-refractivity contribution in [1.82, 2.24) is 4.98 Å². The number of aromatic nitrogens is 1. The maximum Gasteiger partial charge on any atom is 0.417 e. The molecule has 0 spiro atoms. The van der Waals surface area contributed by atoms with Crippen LogP contribution in [0.5, 0.6) is 0 Å². The molecule has 1 aromatic heterocycles. The predicted molar refractivity (Wildman–Crippen MR) is 92.3 cm³/mol. The Kier molecular flexibility index (Phi) is 5.10. The van der Waals surface area contributed by atoms with Crippen molar-refractivity contribution in [1.29, 1.82) is 0 Å². The van der Waals surface area contributed by atoms with Crippen LogP contribution in [0.25, 0.3) is 0 Å². The Morgan fingerprint density at radius 2 is 1.93 bits per heavy atom. The normalized spacial score (nSPS) is 23.3. The van der Waals surface area contributed by atoms with Gasteiger partial charge in [-0.3, -0.25) is 4.79 Å². The van der Waals surface area contributed by atoms with Gasteiger partial charge in [-0.1, -0.05) is 30.3 Å². The molecular formula is C19H19F3N2O3. The Labute approximate surface area is 154 Å². The van der Waals surface area contributed by atoms with Crippen molar-refractivity contribution >= 4 is 11.8 Å². The molecule has 0 amide bonds. The molecule has 0 saturated carbocycles. The lowest BCUT2D eigenvalue weighted by molar-refractivity contribution is -0.158. The fourth-order valence-corrected chi connectivity index (χ4v) is 3.42. The summed E-state index contributed by atoms with van der Waals surface area (Å²) in [7, 11) is 0. The zero-order valence-electron chi connectivity index (χ0n) is 14.4. The molecule has 0 aliphatic carbocycles. The second kappa shape index (κ2) is 7.19. The highest BCUT2D eigenvalue weighted by Gasteiger charge is 2.49. The van der Waals surface area contributed by atoms with Crippen molar-refractivity contribution in [3.8, 4) is 0 Å². The topological polar surface area (TPSA) is 73.7 Å². The molecule has 2 atom stereocenters. The molecule has 1 aromatic carbocycles. The molecule has 1 aliphatic rings. The number of carboxylic acids is 1. The number of carboxylic acid groups (broad SMARTS) is 1. The molecule has 0 unspecified atom stereocenters. The van der Waals surface area contributed by atoms with Crippen LogP contribution in [-0.4, -0.2) is 40.4 Å². The molecule has 1 aliphatic heterocycles. The van der Waals surface area contributed by atoms with E-state index in [1.807, 2.05) is 6.07 Å². The SMILES string of the molecule is O=C(O)[C@@]1(Cc2ccccc2)CCN(c2ccc(C(F)(F)F)cn2)C[C@@H]1O. The summed E-state index contributed by atoms with van der Waals surface area (Å²) in [4.78, 5) is 17.4. The number of β-amino-alcohol motifs (C(OH)–C–C–N with tert-alkyl or cyclic N) is 1. The summed E-state index contributed by atoms with van der Waals surface area (Å²) in [5.41, 5.74) is -1.39. The highest BCUT2D eigenvalue weighted by molar-refractivity contribution is 5.76. The highest BCUT2D eigenvalue weighted by atomic mass is 19.4. The average Bonchev–Trinajstić information content (AvgIpc) is 2.63. The van der Waals surface area contributed by atoms with Gasteiger partial charge in [0.2, 0.25) is 0 Å². The number of halogens is 3. The lowest BCUT2D eigenvalue weighted by atomic mass is 9.71. The van der Waals surface area contributed by atoms with E-state index >= 15 is 0 Å². The summed E-state index contributed by atoms with van der Waals surface area (Å²) in [5.74, 6) is -0.806. The van der Waals surface area contributed by atoms with Crippen LogP contribution in [0, 0.1) is 5.41 Å². The van der Waals surface area contributed by atoms with Crippen LogP contribution in [0.4, 0.5) is 19.0 Å². The van der Waals surface area contributed by atoms with Crippen LogP contribution in [0.15, 0.2) is 48.7 Å². The first-order valence-corrected chi connectivity index (χ1v) is 8.46. The zero-order valence-corrected chi connectivity index (χ0v) is 14.4. The lowest BCUT2D eigenvalue weighted by Crippen LogP contribution is -2.56. The monoisotopic (exact) mass is 380 g/mol. The molecule has 0 bridgehead atoms. The number of rotatable bonds is 4. The van der Waals surface area contributed by atoms with Crippen LogP contribution < -0.4 is 4.90 Å². The molecule has 8 heteroatoms. The molecule has 1 fully saturated rings. The van der Waals surface area contributed by atoms with E-state index in [4.69, 9.17) is 0 Å². The van der Waals surface area contributed by atoms with Crippen LogP contribution in [-0.2, 0) is 17.4 Å². The average molecular weight is 380 g/mol. The molecule has 0 radical (unpaired) electrons. The van der Waals surface area contributed by atoms with Gasteiger partial charge in [0.15, 0.2) is 0 Å². The molecule has 1 saturated heterocycles. The van der Waals surface area contributed by atoms with E-state index in [-0.39, 0.29) is 31.7 Å². The molecule has 27 heavy (non-hydrogen) atoms. The quantitative estimate of drug-likeness (QED) is 0.853. The van der Waals surface area contributed by atoms with Gasteiger partial charge < -0.3 is 15.1 Å². The fraction of sp³-hybridized carbons (Fsp3) is 0.368. The van der Waals surface area contributed by atoms with Crippen molar-refractivity contribution in [2.24, 2.45) is 5.41 Å². The number of benzene rings is 1. The third kappa shape index (κ3) is 3.90. The molecule has 2 heterocycles. The number of hydrogen-bond acceptors (Lipinski definition) is 4. The number of hydrogen-bond donors (Lipinski definition) is 2. The Hall–Kier alpha value is -2.61. The van der Waals surface area contributed by atoms with Gasteiger partial charge in [0.1, 0.15) is 11.2 Å². The predicted octanol–water partition coefficient (Wildman–Crippen LogP) is 2.99. The summed E-state index contributed by atoms with van der Waals surface area (Å²) < 4.78 is 38.0. The molecule has 3 rings (SSSR count). The largest absolute Gasteiger partial charge is 0.481 e. The lowest BCUT2D eigenvalue weighted by Gasteiger charge is -2.43. The third-order valence-electron chi connectivity index (χ3n) is 5.05. The Morgan fingerprint density at radius 1 is 1.22 bits per heavy atom. The second-order valence-electron chi connectivity index (χ2n) is 6.74. The number of anilines is 1. The van der Waals surface area contributed by atoms with Crippen LogP contribution in [0.3, 0.4) is 0 Å². The van der Waals surface area contributed by atoms with E-state index in [1.54, 1.807) is 29.2 Å². The first-order chi connectivity index (χ1) is 12.7. The van der Waals surface area contributed by atoms with Crippen LogP contribution >= 0.6 is 0 Å². The standard InChI is InChI=1S/C19H19F3N2O3/c20-19(21,22)14-6-7-16(23-11-14)24-9-8-18(17(26)27,15(25)12-24)10-13-4-2-1-3-5-13/h1-7,11,15,25H,8-10,12H2,(H,26,27)/t15-,18+/m0/s1. The number of alkyl halides is 3. The van der Waals surface area contributed by atoms with E-state index < -0.39 is 29.2 Å². The molecule has 2 aromatic rings. The van der Waals surface area contributed by atoms with E-state index in [1.165, 1.54) is 6.07 Å². The smallest absolute Gasteiger partial charge is 0.417 e. The van der Waals surface area contributed by atoms with Gasteiger partial charge in [-0.2, -0.15) is 13.2 Å². The first kappa shape index (κ1) is 19.2. The van der Waals surface area contributed by atoms with E-state index in [2.05, 4.69) is 4.98 Å². The molecule has 2 N–H and O–H groups in total. The Bertz CT molecular complexity index is 796. The number of nitrogens with zero attached hydrogens (tertiary/aromatic N) is 2. The third-order valence-corrected chi connectivity index (χ3v) is 5.05. The van der Waals surface area contributed by atoms with Gasteiger partial charge in [0.05, 0.1) is 11.7 Å². The van der Waals surface area contributed by atoms with Crippen molar-refractivity contribution in [2.75, 3.05) is 18.0 Å². The number of piperidine rings is 1. The van der Waals surface area contributed by atoms with Crippen molar-refractivity contribution in [3.05, 3.63) is 59.8 Å². The van der Waals surface area contributed by atoms with Crippen LogP contribution in [0.2, 0.25) is 0 Å². The Morgan fingerprint density at radius 3 is 2.44 bits per heavy atom. The molecule has 5 nitrogen and oxygen atoms in total.